The maximum Gasteiger partial charge on any atom is 0.150 e. The molecule has 0 amide bonds. The van der Waals surface area contributed by atoms with Crippen molar-refractivity contribution in [1.82, 2.24) is 0 Å². The molecule has 2 aromatic carbocycles. The van der Waals surface area contributed by atoms with Crippen molar-refractivity contribution in [3.05, 3.63) is 41.2 Å². The minimum atomic E-state index is -0.406. The summed E-state index contributed by atoms with van der Waals surface area (Å²) in [7, 11) is 0. The summed E-state index contributed by atoms with van der Waals surface area (Å²) in [5.41, 5.74) is 0.898. The van der Waals surface area contributed by atoms with Gasteiger partial charge in [-0.3, -0.25) is 4.79 Å². The van der Waals surface area contributed by atoms with Crippen molar-refractivity contribution < 1.29 is 14.3 Å². The molecule has 15 heavy (non-hydrogen) atoms. The van der Waals surface area contributed by atoms with Gasteiger partial charge in [0.15, 0.2) is 0 Å². The summed E-state index contributed by atoms with van der Waals surface area (Å²) >= 11 is 0. The summed E-state index contributed by atoms with van der Waals surface area (Å²) in [5.74, 6) is -0.440. The van der Waals surface area contributed by atoms with E-state index in [1.54, 1.807) is 13.0 Å². The minimum Gasteiger partial charge on any atom is -0.507 e. The fourth-order valence-electron chi connectivity index (χ4n) is 1.60. The molecule has 0 unspecified atom stereocenters. The molecule has 0 heterocycles. The van der Waals surface area contributed by atoms with Crippen LogP contribution in [0, 0.1) is 12.7 Å². The number of phenolic OH excluding ortho intramolecular Hbond substituents is 1. The van der Waals surface area contributed by atoms with E-state index in [4.69, 9.17) is 0 Å². The molecule has 0 radical (unpaired) electrons. The Morgan fingerprint density at radius 3 is 2.73 bits per heavy atom. The van der Waals surface area contributed by atoms with Crippen LogP contribution < -0.4 is 0 Å². The summed E-state index contributed by atoms with van der Waals surface area (Å²) in [4.78, 5) is 10.7. The third-order valence-corrected chi connectivity index (χ3v) is 2.50. The van der Waals surface area contributed by atoms with Crippen LogP contribution in [0.15, 0.2) is 24.3 Å². The zero-order valence-corrected chi connectivity index (χ0v) is 8.12. The van der Waals surface area contributed by atoms with E-state index in [1.807, 2.05) is 0 Å². The fourth-order valence-corrected chi connectivity index (χ4v) is 1.60. The number of aldehydes is 1. The Balaban J connectivity index is 2.90. The standard InChI is InChI=1S/C12H9FO2/c1-7-9(6-14)4-8-2-3-10(13)5-11(8)12(7)15/h2-6,15H,1H3. The molecule has 0 aliphatic rings. The van der Waals surface area contributed by atoms with Gasteiger partial charge in [-0.1, -0.05) is 6.07 Å². The number of carbonyl (C=O) groups is 1. The van der Waals surface area contributed by atoms with Gasteiger partial charge in [0.05, 0.1) is 0 Å². The van der Waals surface area contributed by atoms with Crippen LogP contribution in [0.25, 0.3) is 10.8 Å². The Kier molecular flexibility index (Phi) is 2.15. The number of aromatic hydroxyl groups is 1. The van der Waals surface area contributed by atoms with Gasteiger partial charge in [-0.05, 0) is 30.5 Å². The van der Waals surface area contributed by atoms with Gasteiger partial charge in [-0.25, -0.2) is 4.39 Å². The van der Waals surface area contributed by atoms with Gasteiger partial charge in [-0.15, -0.1) is 0 Å². The molecule has 0 saturated heterocycles. The van der Waals surface area contributed by atoms with E-state index in [2.05, 4.69) is 0 Å². The normalized spacial score (nSPS) is 10.5. The average molecular weight is 204 g/mol. The molecule has 0 aliphatic carbocycles. The zero-order valence-electron chi connectivity index (χ0n) is 8.12. The maximum atomic E-state index is 13.0. The predicted molar refractivity (Wildman–Crippen MR) is 55.7 cm³/mol. The fraction of sp³-hybridized carbons (Fsp3) is 0.0833. The van der Waals surface area contributed by atoms with E-state index in [1.165, 1.54) is 18.2 Å². The van der Waals surface area contributed by atoms with E-state index in [-0.39, 0.29) is 5.75 Å². The van der Waals surface area contributed by atoms with Crippen LogP contribution in [0.2, 0.25) is 0 Å². The molecule has 3 heteroatoms. The van der Waals surface area contributed by atoms with Gasteiger partial charge >= 0.3 is 0 Å². The highest BCUT2D eigenvalue weighted by Crippen LogP contribution is 2.30. The van der Waals surface area contributed by atoms with E-state index in [0.717, 1.165) is 0 Å². The van der Waals surface area contributed by atoms with Gasteiger partial charge in [0.1, 0.15) is 17.9 Å². The number of hydrogen-bond donors (Lipinski definition) is 1. The number of fused-ring (bicyclic) bond motifs is 1. The van der Waals surface area contributed by atoms with Gasteiger partial charge in [0.2, 0.25) is 0 Å². The van der Waals surface area contributed by atoms with E-state index < -0.39 is 5.82 Å². The first-order valence-electron chi connectivity index (χ1n) is 4.50. The van der Waals surface area contributed by atoms with Crippen molar-refractivity contribution in [1.29, 1.82) is 0 Å². The monoisotopic (exact) mass is 204 g/mol. The number of hydrogen-bond acceptors (Lipinski definition) is 2. The smallest absolute Gasteiger partial charge is 0.150 e. The van der Waals surface area contributed by atoms with E-state index in [0.29, 0.717) is 28.2 Å². The summed E-state index contributed by atoms with van der Waals surface area (Å²) in [5, 5.41) is 10.9. The molecule has 0 saturated carbocycles. The van der Waals surface area contributed by atoms with Crippen LogP contribution in [-0.2, 0) is 0 Å². The molecule has 1 N–H and O–H groups in total. The zero-order chi connectivity index (χ0) is 11.0. The lowest BCUT2D eigenvalue weighted by Gasteiger charge is -2.06. The SMILES string of the molecule is Cc1c(C=O)cc2ccc(F)cc2c1O. The number of halogens is 1. The highest BCUT2D eigenvalue weighted by molar-refractivity contribution is 5.95. The summed E-state index contributed by atoms with van der Waals surface area (Å²) < 4.78 is 13.0. The number of phenols is 1. The Labute approximate surface area is 86.0 Å². The molecule has 2 nitrogen and oxygen atoms in total. The molecular formula is C12H9FO2. The van der Waals surface area contributed by atoms with Gasteiger partial charge in [0, 0.05) is 16.5 Å². The number of carbonyl (C=O) groups excluding carboxylic acids is 1. The quantitative estimate of drug-likeness (QED) is 0.725. The second kappa shape index (κ2) is 3.35. The van der Waals surface area contributed by atoms with E-state index >= 15 is 0 Å². The van der Waals surface area contributed by atoms with Crippen LogP contribution in [0.5, 0.6) is 5.75 Å². The van der Waals surface area contributed by atoms with Crippen molar-refractivity contribution >= 4 is 17.1 Å². The van der Waals surface area contributed by atoms with Crippen LogP contribution in [0.3, 0.4) is 0 Å². The third-order valence-electron chi connectivity index (χ3n) is 2.50. The lowest BCUT2D eigenvalue weighted by molar-refractivity contribution is 0.112. The molecule has 0 aromatic heterocycles. The second-order valence-electron chi connectivity index (χ2n) is 3.42. The molecule has 0 fully saturated rings. The number of rotatable bonds is 1. The molecule has 2 aromatic rings. The first kappa shape index (κ1) is 9.65. The average Bonchev–Trinajstić information content (AvgIpc) is 2.24. The molecule has 2 rings (SSSR count). The van der Waals surface area contributed by atoms with Crippen molar-refractivity contribution in [2.24, 2.45) is 0 Å². The summed E-state index contributed by atoms with van der Waals surface area (Å²) in [6.07, 6.45) is 0.678. The van der Waals surface area contributed by atoms with E-state index in [9.17, 15) is 14.3 Å². The predicted octanol–water partition coefficient (Wildman–Crippen LogP) is 2.81. The van der Waals surface area contributed by atoms with Crippen molar-refractivity contribution in [2.75, 3.05) is 0 Å². The molecule has 0 aliphatic heterocycles. The van der Waals surface area contributed by atoms with Crippen LogP contribution in [0.1, 0.15) is 15.9 Å². The molecule has 76 valence electrons. The highest BCUT2D eigenvalue weighted by Gasteiger charge is 2.09. The largest absolute Gasteiger partial charge is 0.507 e. The molecule has 0 spiro atoms. The van der Waals surface area contributed by atoms with Crippen LogP contribution in [-0.4, -0.2) is 11.4 Å². The summed E-state index contributed by atoms with van der Waals surface area (Å²) in [6, 6.07) is 5.73. The highest BCUT2D eigenvalue weighted by atomic mass is 19.1. The summed E-state index contributed by atoms with van der Waals surface area (Å²) in [6.45, 7) is 1.63. The lowest BCUT2D eigenvalue weighted by atomic mass is 10.0. The first-order valence-corrected chi connectivity index (χ1v) is 4.50. The lowest BCUT2D eigenvalue weighted by Crippen LogP contribution is -1.89. The third kappa shape index (κ3) is 1.46. The molecular weight excluding hydrogens is 195 g/mol. The van der Waals surface area contributed by atoms with Crippen LogP contribution >= 0.6 is 0 Å². The van der Waals surface area contributed by atoms with Gasteiger partial charge in [0.25, 0.3) is 0 Å². The minimum absolute atomic E-state index is 0.0332. The Morgan fingerprint density at radius 2 is 2.07 bits per heavy atom. The van der Waals surface area contributed by atoms with Crippen molar-refractivity contribution in [3.8, 4) is 5.75 Å². The van der Waals surface area contributed by atoms with Gasteiger partial charge in [-0.2, -0.15) is 0 Å². The second-order valence-corrected chi connectivity index (χ2v) is 3.42. The van der Waals surface area contributed by atoms with Gasteiger partial charge < -0.3 is 5.11 Å². The topological polar surface area (TPSA) is 37.3 Å². The number of benzene rings is 2. The Hall–Kier alpha value is -1.90. The molecule has 0 bridgehead atoms. The Bertz CT molecular complexity index is 547. The Morgan fingerprint density at radius 1 is 1.33 bits per heavy atom. The first-order chi connectivity index (χ1) is 7.13. The maximum absolute atomic E-state index is 13.0. The molecule has 0 atom stereocenters. The van der Waals surface area contributed by atoms with Crippen molar-refractivity contribution in [3.63, 3.8) is 0 Å². The van der Waals surface area contributed by atoms with Crippen LogP contribution in [0.4, 0.5) is 4.39 Å². The van der Waals surface area contributed by atoms with Crippen molar-refractivity contribution in [2.45, 2.75) is 6.92 Å².